The fraction of sp³-hybridized carbons (Fsp3) is 0. The molecule has 47 valence electrons. The van der Waals surface area contributed by atoms with Gasteiger partial charge in [0.15, 0.2) is 0 Å². The van der Waals surface area contributed by atoms with Crippen LogP contribution >= 0.6 is 0 Å². The van der Waals surface area contributed by atoms with Crippen LogP contribution in [0.15, 0.2) is 30.3 Å². The third kappa shape index (κ3) is 0.997. The van der Waals surface area contributed by atoms with Crippen LogP contribution in [0, 0.1) is 8.81 Å². The fourth-order valence-corrected chi connectivity index (χ4v) is 2.49. The van der Waals surface area contributed by atoms with E-state index in [0.717, 1.165) is 0 Å². The molecule has 0 amide bonds. The second-order valence-electron chi connectivity index (χ2n) is 2.13. The Morgan fingerprint density at radius 1 is 1.20 bits per heavy atom. The predicted octanol–water partition coefficient (Wildman–Crippen LogP) is 0.753. The van der Waals surface area contributed by atoms with Gasteiger partial charge >= 0.3 is 65.8 Å². The fourth-order valence-electron chi connectivity index (χ4n) is 0.964. The summed E-state index contributed by atoms with van der Waals surface area (Å²) in [4.78, 5) is 3.25. The molecule has 0 unspecified atom stereocenters. The molecule has 1 heterocycles. The van der Waals surface area contributed by atoms with Crippen molar-refractivity contribution in [3.63, 3.8) is 0 Å². The van der Waals surface area contributed by atoms with E-state index in [1.165, 1.54) is 9.17 Å². The van der Waals surface area contributed by atoms with Crippen LogP contribution in [0.25, 0.3) is 6.08 Å². The first-order chi connectivity index (χ1) is 4.97. The molecule has 0 aliphatic carbocycles. The van der Waals surface area contributed by atoms with Crippen molar-refractivity contribution in [2.75, 3.05) is 0 Å². The molecule has 1 aliphatic rings. The van der Waals surface area contributed by atoms with Gasteiger partial charge in [0.2, 0.25) is 0 Å². The Balaban J connectivity index is 2.92. The Bertz CT molecular complexity index is 337. The number of rotatable bonds is 0. The average Bonchev–Trinajstić information content (AvgIpc) is 2.05. The van der Waals surface area contributed by atoms with Crippen molar-refractivity contribution in [1.29, 1.82) is 0 Å². The summed E-state index contributed by atoms with van der Waals surface area (Å²) in [6.07, 6.45) is 4.15. The van der Waals surface area contributed by atoms with Gasteiger partial charge in [0.25, 0.3) is 0 Å². The molecular weight excluding hydrogens is 183 g/mol. The number of hydrogen-bond donors (Lipinski definition) is 0. The van der Waals surface area contributed by atoms with E-state index < -0.39 is 0 Å². The summed E-state index contributed by atoms with van der Waals surface area (Å²) < 4.78 is 1.47. The molecule has 1 radical (unpaired) electrons. The number of benzene rings is 1. The van der Waals surface area contributed by atoms with E-state index in [1.807, 2.05) is 6.08 Å². The molecule has 0 bridgehead atoms. The van der Waals surface area contributed by atoms with Gasteiger partial charge in [-0.1, -0.05) is 0 Å². The number of allylic oxidation sites excluding steroid dienone is 1. The van der Waals surface area contributed by atoms with Crippen LogP contribution in [0.1, 0.15) is 0 Å². The zero-order chi connectivity index (χ0) is 6.81. The SMILES string of the molecule is [C]1=CC=c2ccccc2=[As]1. The second kappa shape index (κ2) is 2.55. The van der Waals surface area contributed by atoms with E-state index in [2.05, 4.69) is 35.2 Å². The van der Waals surface area contributed by atoms with Crippen LogP contribution in [-0.2, 0) is 0 Å². The Hall–Kier alpha value is -0.612. The van der Waals surface area contributed by atoms with Crippen molar-refractivity contribution in [3.05, 3.63) is 44.4 Å². The van der Waals surface area contributed by atoms with Gasteiger partial charge in [0.05, 0.1) is 0 Å². The van der Waals surface area contributed by atoms with Gasteiger partial charge in [-0.3, -0.25) is 0 Å². The van der Waals surface area contributed by atoms with E-state index in [4.69, 9.17) is 0 Å². The minimum atomic E-state index is 0.192. The van der Waals surface area contributed by atoms with Crippen LogP contribution in [0.2, 0.25) is 0 Å². The van der Waals surface area contributed by atoms with Gasteiger partial charge in [-0.25, -0.2) is 0 Å². The third-order valence-corrected chi connectivity index (χ3v) is 3.40. The summed E-state index contributed by atoms with van der Waals surface area (Å²) in [6.45, 7) is 0. The molecule has 0 aromatic heterocycles. The summed E-state index contributed by atoms with van der Waals surface area (Å²) in [5.74, 6) is 0. The van der Waals surface area contributed by atoms with E-state index in [0.29, 0.717) is 0 Å². The first-order valence-corrected chi connectivity index (χ1v) is 5.06. The van der Waals surface area contributed by atoms with Gasteiger partial charge in [-0.2, -0.15) is 0 Å². The molecule has 1 aromatic carbocycles. The Morgan fingerprint density at radius 3 is 3.00 bits per heavy atom. The predicted molar refractivity (Wildman–Crippen MR) is 42.9 cm³/mol. The van der Waals surface area contributed by atoms with E-state index in [-0.39, 0.29) is 15.3 Å². The van der Waals surface area contributed by atoms with Crippen molar-refractivity contribution in [1.82, 2.24) is 0 Å². The monoisotopic (exact) mass is 189 g/mol. The van der Waals surface area contributed by atoms with E-state index in [1.54, 1.807) is 0 Å². The summed E-state index contributed by atoms with van der Waals surface area (Å²) in [5, 5.41) is 1.38. The van der Waals surface area contributed by atoms with Gasteiger partial charge in [0, 0.05) is 0 Å². The van der Waals surface area contributed by atoms with Gasteiger partial charge < -0.3 is 0 Å². The second-order valence-corrected chi connectivity index (χ2v) is 4.15. The topological polar surface area (TPSA) is 0 Å². The normalized spacial score (nSPS) is 14.8. The van der Waals surface area contributed by atoms with E-state index in [9.17, 15) is 0 Å². The zero-order valence-corrected chi connectivity index (χ0v) is 7.29. The number of hydrogen-bond acceptors (Lipinski definition) is 0. The van der Waals surface area contributed by atoms with Crippen LogP contribution in [0.4, 0.5) is 0 Å². The zero-order valence-electron chi connectivity index (χ0n) is 5.41. The van der Waals surface area contributed by atoms with Crippen molar-refractivity contribution in [2.45, 2.75) is 0 Å². The minimum absolute atomic E-state index is 0.192. The molecule has 0 spiro atoms. The third-order valence-electron chi connectivity index (χ3n) is 1.46. The molecule has 1 aromatic rings. The quantitative estimate of drug-likeness (QED) is 0.528. The Kier molecular flexibility index (Phi) is 1.56. The van der Waals surface area contributed by atoms with Crippen LogP contribution in [0.5, 0.6) is 0 Å². The maximum absolute atomic E-state index is 3.25. The first-order valence-electron chi connectivity index (χ1n) is 3.19. The number of fused-ring (bicyclic) bond motifs is 1. The molecule has 0 nitrogen and oxygen atoms in total. The maximum atomic E-state index is 3.25. The van der Waals surface area contributed by atoms with Crippen molar-refractivity contribution >= 4 is 21.4 Å². The summed E-state index contributed by atoms with van der Waals surface area (Å²) >= 11 is 0.192. The molecule has 2 rings (SSSR count). The molecule has 0 fully saturated rings. The summed E-state index contributed by atoms with van der Waals surface area (Å²) in [7, 11) is 0. The van der Waals surface area contributed by atoms with Crippen LogP contribution in [-0.4, -0.2) is 15.3 Å². The summed E-state index contributed by atoms with van der Waals surface area (Å²) in [5.41, 5.74) is 0. The van der Waals surface area contributed by atoms with Crippen molar-refractivity contribution in [2.24, 2.45) is 0 Å². The van der Waals surface area contributed by atoms with Gasteiger partial charge in [-0.05, 0) is 0 Å². The Morgan fingerprint density at radius 2 is 2.10 bits per heavy atom. The van der Waals surface area contributed by atoms with Crippen LogP contribution in [0.3, 0.4) is 0 Å². The molecule has 10 heavy (non-hydrogen) atoms. The first kappa shape index (κ1) is 6.12. The molecular formula is C9H6As. The van der Waals surface area contributed by atoms with Crippen LogP contribution < -0.4 is 5.22 Å². The molecule has 0 saturated carbocycles. The standard InChI is InChI=1S/C9H6As/c1-2-6-9-8(4-1)5-3-7-10-9/h1-6H. The average molecular weight is 189 g/mol. The van der Waals surface area contributed by atoms with Crippen molar-refractivity contribution in [3.8, 4) is 0 Å². The van der Waals surface area contributed by atoms with Crippen molar-refractivity contribution < 1.29 is 0 Å². The van der Waals surface area contributed by atoms with Gasteiger partial charge in [-0.15, -0.1) is 0 Å². The molecule has 0 saturated heterocycles. The molecule has 1 heteroatoms. The molecule has 0 atom stereocenters. The molecule has 0 N–H and O–H groups in total. The summed E-state index contributed by atoms with van der Waals surface area (Å²) in [6, 6.07) is 8.51. The molecule has 1 aliphatic heterocycles. The van der Waals surface area contributed by atoms with E-state index >= 15 is 0 Å². The van der Waals surface area contributed by atoms with Gasteiger partial charge in [0.1, 0.15) is 0 Å². The Labute approximate surface area is 66.1 Å².